The Balaban J connectivity index is 1.39. The van der Waals surface area contributed by atoms with Crippen LogP contribution >= 0.6 is 0 Å². The van der Waals surface area contributed by atoms with Crippen LogP contribution < -0.4 is 29.1 Å². The predicted octanol–water partition coefficient (Wildman–Crippen LogP) is 11.9. The molecule has 1 heterocycles. The van der Waals surface area contributed by atoms with E-state index >= 15 is 0 Å². The van der Waals surface area contributed by atoms with Crippen LogP contribution in [0.3, 0.4) is 0 Å². The van der Waals surface area contributed by atoms with E-state index in [9.17, 15) is 4.79 Å². The molecule has 0 atom stereocenters. The summed E-state index contributed by atoms with van der Waals surface area (Å²) in [6, 6.07) is 51.2. The van der Waals surface area contributed by atoms with Gasteiger partial charge in [0.15, 0.2) is 23.0 Å². The highest BCUT2D eigenvalue weighted by Gasteiger charge is 2.26. The van der Waals surface area contributed by atoms with E-state index in [-0.39, 0.29) is 44.6 Å². The zero-order chi connectivity index (χ0) is 33.7. The molecule has 50 heavy (non-hydrogen) atoms. The van der Waals surface area contributed by atoms with Gasteiger partial charge in [-0.05, 0) is 66.7 Å². The van der Waals surface area contributed by atoms with Gasteiger partial charge in [0.1, 0.15) is 45.3 Å². The van der Waals surface area contributed by atoms with Crippen LogP contribution in [-0.2, 0) is 0 Å². The van der Waals surface area contributed by atoms with Crippen LogP contribution in [0.25, 0.3) is 21.9 Å². The molecular weight excluding hydrogens is 628 g/mol. The standard InChI is InChI=1S/C43H28O7/c44-41-34-26-36(45-29-16-6-1-7-17-29)37(46-30-18-8-2-9-19-30)27-35(34)50-38-28-39(47-31-20-10-3-11-21-31)42(48-32-22-12-4-13-23-32)43(40(38)41)49-33-24-14-5-15-25-33/h1-28H. The fourth-order valence-electron chi connectivity index (χ4n) is 5.43. The summed E-state index contributed by atoms with van der Waals surface area (Å²) < 4.78 is 38.5. The molecule has 0 spiro atoms. The molecule has 0 N–H and O–H groups in total. The highest BCUT2D eigenvalue weighted by Crippen LogP contribution is 2.49. The number of hydrogen-bond donors (Lipinski definition) is 0. The molecule has 1 aromatic heterocycles. The van der Waals surface area contributed by atoms with Gasteiger partial charge in [-0.15, -0.1) is 0 Å². The van der Waals surface area contributed by atoms with Gasteiger partial charge < -0.3 is 28.1 Å². The molecule has 0 aliphatic heterocycles. The van der Waals surface area contributed by atoms with Crippen molar-refractivity contribution in [2.75, 3.05) is 0 Å². The van der Waals surface area contributed by atoms with E-state index in [0.29, 0.717) is 40.2 Å². The second-order valence-corrected chi connectivity index (χ2v) is 11.2. The second kappa shape index (κ2) is 13.6. The second-order valence-electron chi connectivity index (χ2n) is 11.2. The molecule has 242 valence electrons. The Morgan fingerprint density at radius 2 is 0.720 bits per heavy atom. The molecule has 7 heteroatoms. The SMILES string of the molecule is O=c1c2cc(Oc3ccccc3)c(Oc3ccccc3)cc2oc2cc(Oc3ccccc3)c(Oc3ccccc3)c(Oc3ccccc3)c12. The maximum atomic E-state index is 14.7. The van der Waals surface area contributed by atoms with E-state index in [4.69, 9.17) is 28.1 Å². The Morgan fingerprint density at radius 1 is 0.360 bits per heavy atom. The molecule has 0 radical (unpaired) electrons. The summed E-state index contributed by atoms with van der Waals surface area (Å²) in [5, 5.41) is 0.416. The minimum absolute atomic E-state index is 0.134. The first-order valence-corrected chi connectivity index (χ1v) is 15.9. The first-order valence-electron chi connectivity index (χ1n) is 15.9. The molecule has 0 saturated carbocycles. The van der Waals surface area contributed by atoms with E-state index in [0.717, 1.165) is 0 Å². The lowest BCUT2D eigenvalue weighted by atomic mass is 10.1. The lowest BCUT2D eigenvalue weighted by Gasteiger charge is -2.19. The van der Waals surface area contributed by atoms with E-state index in [1.54, 1.807) is 30.3 Å². The maximum absolute atomic E-state index is 14.7. The number of rotatable bonds is 10. The highest BCUT2D eigenvalue weighted by atomic mass is 16.5. The summed E-state index contributed by atoms with van der Waals surface area (Å²) in [6.45, 7) is 0. The fourth-order valence-corrected chi connectivity index (χ4v) is 5.43. The van der Waals surface area contributed by atoms with Crippen LogP contribution in [0.2, 0.25) is 0 Å². The monoisotopic (exact) mass is 656 g/mol. The summed E-state index contributed by atoms with van der Waals surface area (Å²) in [5.41, 5.74) is 0.143. The molecule has 0 bridgehead atoms. The lowest BCUT2D eigenvalue weighted by Crippen LogP contribution is -2.06. The van der Waals surface area contributed by atoms with Crippen molar-refractivity contribution in [3.8, 4) is 57.5 Å². The molecule has 7 aromatic carbocycles. The lowest BCUT2D eigenvalue weighted by molar-refractivity contribution is 0.388. The number of para-hydroxylation sites is 5. The zero-order valence-electron chi connectivity index (χ0n) is 26.5. The van der Waals surface area contributed by atoms with Crippen molar-refractivity contribution in [1.29, 1.82) is 0 Å². The van der Waals surface area contributed by atoms with Gasteiger partial charge in [0.25, 0.3) is 0 Å². The fraction of sp³-hybridized carbons (Fsp3) is 0. The number of hydrogen-bond acceptors (Lipinski definition) is 7. The Kier molecular flexibility index (Phi) is 8.27. The summed E-state index contributed by atoms with van der Waals surface area (Å²) >= 11 is 0. The van der Waals surface area contributed by atoms with E-state index in [1.165, 1.54) is 0 Å². The zero-order valence-corrected chi connectivity index (χ0v) is 26.5. The van der Waals surface area contributed by atoms with Crippen LogP contribution in [0, 0.1) is 0 Å². The molecule has 8 aromatic rings. The van der Waals surface area contributed by atoms with Crippen molar-refractivity contribution in [3.63, 3.8) is 0 Å². The average molecular weight is 657 g/mol. The van der Waals surface area contributed by atoms with Crippen molar-refractivity contribution >= 4 is 21.9 Å². The third kappa shape index (κ3) is 6.43. The van der Waals surface area contributed by atoms with E-state index < -0.39 is 0 Å². The first kappa shape index (κ1) is 30.4. The van der Waals surface area contributed by atoms with Crippen molar-refractivity contribution in [3.05, 3.63) is 180 Å². The molecule has 0 aliphatic carbocycles. The minimum Gasteiger partial charge on any atom is -0.455 e. The Bertz CT molecular complexity index is 2450. The van der Waals surface area contributed by atoms with Crippen molar-refractivity contribution in [1.82, 2.24) is 0 Å². The molecule has 0 saturated heterocycles. The number of ether oxygens (including phenoxy) is 5. The third-order valence-corrected chi connectivity index (χ3v) is 7.74. The van der Waals surface area contributed by atoms with Gasteiger partial charge >= 0.3 is 0 Å². The van der Waals surface area contributed by atoms with Crippen LogP contribution in [-0.4, -0.2) is 0 Å². The van der Waals surface area contributed by atoms with Gasteiger partial charge in [-0.1, -0.05) is 91.0 Å². The van der Waals surface area contributed by atoms with Crippen molar-refractivity contribution < 1.29 is 28.1 Å². The number of fused-ring (bicyclic) bond motifs is 2. The third-order valence-electron chi connectivity index (χ3n) is 7.74. The minimum atomic E-state index is -0.361. The van der Waals surface area contributed by atoms with Gasteiger partial charge in [-0.25, -0.2) is 0 Å². The van der Waals surface area contributed by atoms with E-state index in [2.05, 4.69) is 0 Å². The topological polar surface area (TPSA) is 76.4 Å². The summed E-state index contributed by atoms with van der Waals surface area (Å²) in [4.78, 5) is 14.7. The molecule has 0 amide bonds. The van der Waals surface area contributed by atoms with Gasteiger partial charge in [0.2, 0.25) is 11.2 Å². The molecule has 8 rings (SSSR count). The Morgan fingerprint density at radius 3 is 1.18 bits per heavy atom. The number of benzene rings is 7. The Labute approximate surface area is 287 Å². The van der Waals surface area contributed by atoms with Crippen LogP contribution in [0.5, 0.6) is 57.5 Å². The van der Waals surface area contributed by atoms with Crippen LogP contribution in [0.4, 0.5) is 0 Å². The first-order chi connectivity index (χ1) is 24.7. The van der Waals surface area contributed by atoms with Crippen molar-refractivity contribution in [2.45, 2.75) is 0 Å². The van der Waals surface area contributed by atoms with Gasteiger partial charge in [-0.2, -0.15) is 0 Å². The molecule has 0 aliphatic rings. The molecular formula is C43H28O7. The van der Waals surface area contributed by atoms with E-state index in [1.807, 2.05) is 140 Å². The largest absolute Gasteiger partial charge is 0.455 e. The normalized spacial score (nSPS) is 10.9. The van der Waals surface area contributed by atoms with Crippen LogP contribution in [0.1, 0.15) is 0 Å². The van der Waals surface area contributed by atoms with Gasteiger partial charge in [0, 0.05) is 12.1 Å². The quantitative estimate of drug-likeness (QED) is 0.136. The Hall–Kier alpha value is -6.99. The molecule has 0 fully saturated rings. The molecule has 0 unspecified atom stereocenters. The van der Waals surface area contributed by atoms with Crippen LogP contribution in [0.15, 0.2) is 179 Å². The van der Waals surface area contributed by atoms with Gasteiger partial charge in [0.05, 0.1) is 5.39 Å². The smallest absolute Gasteiger partial charge is 0.213 e. The highest BCUT2D eigenvalue weighted by molar-refractivity contribution is 5.97. The summed E-state index contributed by atoms with van der Waals surface area (Å²) in [5.74, 6) is 4.04. The molecule has 7 nitrogen and oxygen atoms in total. The maximum Gasteiger partial charge on any atom is 0.213 e. The average Bonchev–Trinajstić information content (AvgIpc) is 3.16. The summed E-state index contributed by atoms with van der Waals surface area (Å²) in [6.07, 6.45) is 0. The van der Waals surface area contributed by atoms with Crippen molar-refractivity contribution in [2.24, 2.45) is 0 Å². The predicted molar refractivity (Wildman–Crippen MR) is 193 cm³/mol. The summed E-state index contributed by atoms with van der Waals surface area (Å²) in [7, 11) is 0. The van der Waals surface area contributed by atoms with Gasteiger partial charge in [-0.3, -0.25) is 4.79 Å².